The highest BCUT2D eigenvalue weighted by Crippen LogP contribution is 2.28. The highest BCUT2D eigenvalue weighted by Gasteiger charge is 2.13. The predicted molar refractivity (Wildman–Crippen MR) is 145 cm³/mol. The number of rotatable bonds is 9. The van der Waals surface area contributed by atoms with E-state index in [1.807, 2.05) is 84.9 Å². The third kappa shape index (κ3) is 6.45. The van der Waals surface area contributed by atoms with Crippen molar-refractivity contribution >= 4 is 5.97 Å². The highest BCUT2D eigenvalue weighted by molar-refractivity contribution is 5.91. The topological polar surface area (TPSA) is 44.8 Å². The summed E-state index contributed by atoms with van der Waals surface area (Å²) in [5, 5.41) is 0. The largest absolute Gasteiger partial charge is 0.489 e. The molecule has 0 unspecified atom stereocenters. The van der Waals surface area contributed by atoms with E-state index >= 15 is 0 Å². The van der Waals surface area contributed by atoms with Crippen LogP contribution in [0.15, 0.2) is 127 Å². The molecule has 0 spiro atoms. The average molecular weight is 505 g/mol. The van der Waals surface area contributed by atoms with Crippen molar-refractivity contribution < 1.29 is 23.4 Å². The quantitative estimate of drug-likeness (QED) is 0.151. The lowest BCUT2D eigenvalue weighted by Crippen LogP contribution is -2.09. The number of carbonyl (C=O) groups excluding carboxylic acids is 1. The molecule has 188 valence electrons. The van der Waals surface area contributed by atoms with Crippen molar-refractivity contribution in [2.45, 2.75) is 13.2 Å². The fourth-order valence-corrected chi connectivity index (χ4v) is 3.83. The molecule has 5 aromatic carbocycles. The summed E-state index contributed by atoms with van der Waals surface area (Å²) in [6, 6.07) is 38.2. The molecule has 0 fully saturated rings. The molecule has 0 aliphatic heterocycles. The first-order chi connectivity index (χ1) is 18.6. The van der Waals surface area contributed by atoms with E-state index in [2.05, 4.69) is 0 Å². The number of esters is 1. The molecule has 4 nitrogen and oxygen atoms in total. The van der Waals surface area contributed by atoms with E-state index in [-0.39, 0.29) is 5.75 Å². The van der Waals surface area contributed by atoms with Crippen LogP contribution in [0.1, 0.15) is 21.5 Å². The van der Waals surface area contributed by atoms with Crippen molar-refractivity contribution in [3.05, 3.63) is 150 Å². The Morgan fingerprint density at radius 2 is 1.08 bits per heavy atom. The second-order valence-corrected chi connectivity index (χ2v) is 8.63. The summed E-state index contributed by atoms with van der Waals surface area (Å²) in [6.45, 7) is 0.893. The summed E-state index contributed by atoms with van der Waals surface area (Å²) in [4.78, 5) is 12.6. The molecule has 0 amide bonds. The zero-order chi connectivity index (χ0) is 26.2. The van der Waals surface area contributed by atoms with E-state index in [0.29, 0.717) is 30.1 Å². The van der Waals surface area contributed by atoms with Crippen LogP contribution in [-0.2, 0) is 13.2 Å². The van der Waals surface area contributed by atoms with Crippen LogP contribution in [-0.4, -0.2) is 5.97 Å². The van der Waals surface area contributed by atoms with E-state index in [9.17, 15) is 9.18 Å². The molecule has 38 heavy (non-hydrogen) atoms. The van der Waals surface area contributed by atoms with E-state index in [1.54, 1.807) is 30.3 Å². The Kier molecular flexibility index (Phi) is 7.75. The maximum atomic E-state index is 14.8. The molecule has 0 saturated heterocycles. The second-order valence-electron chi connectivity index (χ2n) is 8.63. The molecule has 5 heteroatoms. The Morgan fingerprint density at radius 1 is 0.579 bits per heavy atom. The standard InChI is InChI=1S/C33H25FO4/c34-31-21-28(26-11-16-29(17-12-26)36-22-24-7-3-1-4-8-24)15-20-32(31)38-33(35)27-13-18-30(19-14-27)37-23-25-9-5-2-6-10-25/h1-21H,22-23H2. The number of hydrogen-bond acceptors (Lipinski definition) is 4. The Balaban J connectivity index is 1.17. The third-order valence-corrected chi connectivity index (χ3v) is 5.91. The van der Waals surface area contributed by atoms with E-state index in [0.717, 1.165) is 22.4 Å². The van der Waals surface area contributed by atoms with Gasteiger partial charge in [0.25, 0.3) is 0 Å². The van der Waals surface area contributed by atoms with Crippen LogP contribution < -0.4 is 14.2 Å². The van der Waals surface area contributed by atoms with Gasteiger partial charge in [0, 0.05) is 0 Å². The molecule has 0 aliphatic carbocycles. The summed E-state index contributed by atoms with van der Waals surface area (Å²) >= 11 is 0. The van der Waals surface area contributed by atoms with E-state index in [1.165, 1.54) is 12.1 Å². The maximum absolute atomic E-state index is 14.8. The maximum Gasteiger partial charge on any atom is 0.343 e. The fraction of sp³-hybridized carbons (Fsp3) is 0.0606. The van der Waals surface area contributed by atoms with Crippen molar-refractivity contribution in [1.29, 1.82) is 0 Å². The van der Waals surface area contributed by atoms with Crippen molar-refractivity contribution in [2.24, 2.45) is 0 Å². The Bertz CT molecular complexity index is 1480. The molecular weight excluding hydrogens is 479 g/mol. The lowest BCUT2D eigenvalue weighted by Gasteiger charge is -2.10. The van der Waals surface area contributed by atoms with Gasteiger partial charge >= 0.3 is 5.97 Å². The summed E-state index contributed by atoms with van der Waals surface area (Å²) in [5.74, 6) is -0.0576. The SMILES string of the molecule is O=C(Oc1ccc(-c2ccc(OCc3ccccc3)cc2)cc1F)c1ccc(OCc2ccccc2)cc1. The van der Waals surface area contributed by atoms with Crippen LogP contribution in [0, 0.1) is 5.82 Å². The Morgan fingerprint density at radius 3 is 1.61 bits per heavy atom. The number of ether oxygens (including phenoxy) is 3. The third-order valence-electron chi connectivity index (χ3n) is 5.91. The van der Waals surface area contributed by atoms with E-state index < -0.39 is 11.8 Å². The van der Waals surface area contributed by atoms with Gasteiger partial charge < -0.3 is 14.2 Å². The van der Waals surface area contributed by atoms with Crippen LogP contribution in [0.5, 0.6) is 17.2 Å². The molecule has 0 atom stereocenters. The van der Waals surface area contributed by atoms with Crippen LogP contribution in [0.25, 0.3) is 11.1 Å². The smallest absolute Gasteiger partial charge is 0.343 e. The minimum Gasteiger partial charge on any atom is -0.489 e. The normalized spacial score (nSPS) is 10.6. The summed E-state index contributed by atoms with van der Waals surface area (Å²) in [7, 11) is 0. The monoisotopic (exact) mass is 504 g/mol. The van der Waals surface area contributed by atoms with Crippen LogP contribution in [0.2, 0.25) is 0 Å². The van der Waals surface area contributed by atoms with Crippen molar-refractivity contribution in [1.82, 2.24) is 0 Å². The van der Waals surface area contributed by atoms with Gasteiger partial charge in [-0.15, -0.1) is 0 Å². The molecule has 0 N–H and O–H groups in total. The highest BCUT2D eigenvalue weighted by atomic mass is 19.1. The van der Waals surface area contributed by atoms with Crippen LogP contribution >= 0.6 is 0 Å². The first-order valence-electron chi connectivity index (χ1n) is 12.2. The lowest BCUT2D eigenvalue weighted by atomic mass is 10.1. The van der Waals surface area contributed by atoms with Gasteiger partial charge in [-0.25, -0.2) is 9.18 Å². The molecule has 5 aromatic rings. The van der Waals surface area contributed by atoms with Crippen molar-refractivity contribution in [2.75, 3.05) is 0 Å². The zero-order valence-electron chi connectivity index (χ0n) is 20.5. The van der Waals surface area contributed by atoms with Gasteiger partial charge in [-0.3, -0.25) is 0 Å². The summed E-state index contributed by atoms with van der Waals surface area (Å²) in [5.41, 5.74) is 3.90. The summed E-state index contributed by atoms with van der Waals surface area (Å²) < 4.78 is 31.7. The van der Waals surface area contributed by atoms with Crippen molar-refractivity contribution in [3.8, 4) is 28.4 Å². The van der Waals surface area contributed by atoms with Crippen LogP contribution in [0.3, 0.4) is 0 Å². The molecule has 5 rings (SSSR count). The molecule has 0 radical (unpaired) electrons. The number of halogens is 1. The minimum absolute atomic E-state index is 0.133. The second kappa shape index (κ2) is 11.9. The molecule has 0 aromatic heterocycles. The van der Waals surface area contributed by atoms with Gasteiger partial charge in [0.1, 0.15) is 24.7 Å². The molecule has 0 saturated carbocycles. The average Bonchev–Trinajstić information content (AvgIpc) is 2.97. The lowest BCUT2D eigenvalue weighted by molar-refractivity contribution is 0.0728. The number of carbonyl (C=O) groups is 1. The molecule has 0 heterocycles. The van der Waals surface area contributed by atoms with Crippen molar-refractivity contribution in [3.63, 3.8) is 0 Å². The first kappa shape index (κ1) is 24.8. The zero-order valence-corrected chi connectivity index (χ0v) is 20.5. The van der Waals surface area contributed by atoms with Gasteiger partial charge in [-0.2, -0.15) is 0 Å². The number of benzene rings is 5. The van der Waals surface area contributed by atoms with Gasteiger partial charge in [-0.1, -0.05) is 78.9 Å². The summed E-state index contributed by atoms with van der Waals surface area (Å²) in [6.07, 6.45) is 0. The van der Waals surface area contributed by atoms with Gasteiger partial charge in [0.05, 0.1) is 5.56 Å². The Hall–Kier alpha value is -4.90. The number of hydrogen-bond donors (Lipinski definition) is 0. The first-order valence-corrected chi connectivity index (χ1v) is 12.2. The predicted octanol–water partition coefficient (Wildman–Crippen LogP) is 7.87. The molecular formula is C33H25FO4. The minimum atomic E-state index is -0.647. The van der Waals surface area contributed by atoms with Crippen LogP contribution in [0.4, 0.5) is 4.39 Å². The van der Waals surface area contributed by atoms with E-state index in [4.69, 9.17) is 14.2 Å². The van der Waals surface area contributed by atoms with Gasteiger partial charge in [-0.05, 0) is 70.8 Å². The van der Waals surface area contributed by atoms with Gasteiger partial charge in [0.2, 0.25) is 0 Å². The molecule has 0 bridgehead atoms. The Labute approximate surface area is 220 Å². The fourth-order valence-electron chi connectivity index (χ4n) is 3.83. The molecule has 0 aliphatic rings. The van der Waals surface area contributed by atoms with Gasteiger partial charge in [0.15, 0.2) is 11.6 Å².